The van der Waals surface area contributed by atoms with Gasteiger partial charge in [0.1, 0.15) is 18.2 Å². The lowest BCUT2D eigenvalue weighted by atomic mass is 10.4. The van der Waals surface area contributed by atoms with Crippen molar-refractivity contribution in [2.45, 2.75) is 6.61 Å². The second-order valence-electron chi connectivity index (χ2n) is 3.66. The van der Waals surface area contributed by atoms with Gasteiger partial charge in [-0.25, -0.2) is 15.8 Å². The number of nitrogens with one attached hydrogen (secondary N) is 2. The number of hydrogen-bond acceptors (Lipinski definition) is 8. The van der Waals surface area contributed by atoms with E-state index in [9.17, 15) is 0 Å². The smallest absolute Gasteiger partial charge is 0.158 e. The summed E-state index contributed by atoms with van der Waals surface area (Å²) in [5.74, 6) is 7.11. The number of nitrogen functional groups attached to an aromatic ring is 1. The minimum absolute atomic E-state index is 0.328. The van der Waals surface area contributed by atoms with Gasteiger partial charge in [-0.3, -0.25) is 0 Å². The topological polar surface area (TPSA) is 104 Å². The highest BCUT2D eigenvalue weighted by molar-refractivity contribution is 5.46. The van der Waals surface area contributed by atoms with Gasteiger partial charge >= 0.3 is 0 Å². The first-order chi connectivity index (χ1) is 9.30. The number of hydrogen-bond donors (Lipinski definition) is 3. The largest absolute Gasteiger partial charge is 0.382 e. The van der Waals surface area contributed by atoms with E-state index in [-0.39, 0.29) is 0 Å². The zero-order valence-electron chi connectivity index (χ0n) is 11.3. The maximum Gasteiger partial charge on any atom is 0.158 e. The summed E-state index contributed by atoms with van der Waals surface area (Å²) in [4.78, 5) is 8.43. The summed E-state index contributed by atoms with van der Waals surface area (Å²) >= 11 is 0. The van der Waals surface area contributed by atoms with Crippen LogP contribution in [0.1, 0.15) is 5.82 Å². The van der Waals surface area contributed by atoms with Crippen LogP contribution in [-0.4, -0.2) is 50.6 Å². The van der Waals surface area contributed by atoms with E-state index in [4.69, 9.17) is 20.1 Å². The van der Waals surface area contributed by atoms with Crippen LogP contribution in [0.5, 0.6) is 0 Å². The minimum atomic E-state index is 0.328. The van der Waals surface area contributed by atoms with Crippen LogP contribution >= 0.6 is 0 Å². The molecule has 0 aliphatic heterocycles. The number of anilines is 2. The van der Waals surface area contributed by atoms with Crippen molar-refractivity contribution >= 4 is 11.6 Å². The van der Waals surface area contributed by atoms with Gasteiger partial charge in [-0.2, -0.15) is 0 Å². The van der Waals surface area contributed by atoms with E-state index in [1.165, 1.54) is 0 Å². The Morgan fingerprint density at radius 3 is 2.58 bits per heavy atom. The summed E-state index contributed by atoms with van der Waals surface area (Å²) < 4.78 is 15.2. The third kappa shape index (κ3) is 6.30. The molecule has 0 bridgehead atoms. The third-order valence-electron chi connectivity index (χ3n) is 2.18. The number of hydrazine groups is 1. The molecule has 0 aliphatic rings. The first-order valence-corrected chi connectivity index (χ1v) is 5.94. The average Bonchev–Trinajstić information content (AvgIpc) is 2.43. The lowest BCUT2D eigenvalue weighted by Crippen LogP contribution is -2.15. The number of nitrogens with zero attached hydrogens (tertiary/aromatic N) is 2. The molecule has 0 radical (unpaired) electrons. The highest BCUT2D eigenvalue weighted by Gasteiger charge is 2.03. The SMILES string of the molecule is COCCOCCNc1cc(NN)nc(COC)n1. The molecular weight excluding hydrogens is 250 g/mol. The average molecular weight is 271 g/mol. The van der Waals surface area contributed by atoms with Gasteiger partial charge in [0.05, 0.1) is 19.8 Å². The van der Waals surface area contributed by atoms with Crippen molar-refractivity contribution in [3.05, 3.63) is 11.9 Å². The van der Waals surface area contributed by atoms with Crippen molar-refractivity contribution in [2.75, 3.05) is 51.3 Å². The molecule has 8 nitrogen and oxygen atoms in total. The molecule has 0 atom stereocenters. The molecule has 1 heterocycles. The van der Waals surface area contributed by atoms with E-state index in [0.29, 0.717) is 50.4 Å². The second kappa shape index (κ2) is 9.45. The predicted molar refractivity (Wildman–Crippen MR) is 71.7 cm³/mol. The first kappa shape index (κ1) is 15.6. The quantitative estimate of drug-likeness (QED) is 0.310. The highest BCUT2D eigenvalue weighted by atomic mass is 16.5. The molecule has 108 valence electrons. The van der Waals surface area contributed by atoms with Gasteiger partial charge in [-0.05, 0) is 0 Å². The maximum absolute atomic E-state index is 5.35. The molecule has 0 fully saturated rings. The van der Waals surface area contributed by atoms with Crippen LogP contribution in [0.4, 0.5) is 11.6 Å². The van der Waals surface area contributed by atoms with Crippen molar-refractivity contribution in [1.29, 1.82) is 0 Å². The second-order valence-corrected chi connectivity index (χ2v) is 3.66. The fourth-order valence-corrected chi connectivity index (χ4v) is 1.35. The maximum atomic E-state index is 5.35. The standard InChI is InChI=1S/C11H21N5O3/c1-17-5-6-19-4-3-13-9-7-10(16-12)15-11(14-9)8-18-2/h7H,3-6,8,12H2,1-2H3,(H2,13,14,15,16). The van der Waals surface area contributed by atoms with Crippen molar-refractivity contribution < 1.29 is 14.2 Å². The molecule has 0 unspecified atom stereocenters. The summed E-state index contributed by atoms with van der Waals surface area (Å²) in [6.45, 7) is 2.70. The van der Waals surface area contributed by atoms with E-state index in [1.54, 1.807) is 20.3 Å². The summed E-state index contributed by atoms with van der Waals surface area (Å²) in [6.07, 6.45) is 0. The molecule has 0 saturated carbocycles. The Kier molecular flexibility index (Phi) is 7.75. The van der Waals surface area contributed by atoms with Crippen LogP contribution in [0.25, 0.3) is 0 Å². The first-order valence-electron chi connectivity index (χ1n) is 5.94. The van der Waals surface area contributed by atoms with Crippen molar-refractivity contribution in [2.24, 2.45) is 5.84 Å². The zero-order chi connectivity index (χ0) is 13.9. The Bertz CT molecular complexity index is 364. The zero-order valence-corrected chi connectivity index (χ0v) is 11.3. The Morgan fingerprint density at radius 1 is 1.11 bits per heavy atom. The van der Waals surface area contributed by atoms with Gasteiger partial charge in [0, 0.05) is 26.8 Å². The van der Waals surface area contributed by atoms with E-state index >= 15 is 0 Å². The number of ether oxygens (including phenoxy) is 3. The summed E-state index contributed by atoms with van der Waals surface area (Å²) in [5, 5.41) is 3.13. The molecule has 0 aliphatic carbocycles. The van der Waals surface area contributed by atoms with Crippen molar-refractivity contribution in [1.82, 2.24) is 9.97 Å². The van der Waals surface area contributed by atoms with Gasteiger partial charge in [0.15, 0.2) is 5.82 Å². The van der Waals surface area contributed by atoms with E-state index < -0.39 is 0 Å². The third-order valence-corrected chi connectivity index (χ3v) is 2.18. The normalized spacial score (nSPS) is 10.5. The molecule has 1 aromatic rings. The molecule has 0 spiro atoms. The summed E-state index contributed by atoms with van der Waals surface area (Å²) in [5.41, 5.74) is 2.49. The molecular formula is C11H21N5O3. The Balaban J connectivity index is 2.41. The Morgan fingerprint density at radius 2 is 1.89 bits per heavy atom. The van der Waals surface area contributed by atoms with Crippen LogP contribution in [0.15, 0.2) is 6.07 Å². The van der Waals surface area contributed by atoms with Gasteiger partial charge < -0.3 is 25.0 Å². The van der Waals surface area contributed by atoms with Gasteiger partial charge in [-0.15, -0.1) is 0 Å². The van der Waals surface area contributed by atoms with E-state index in [1.807, 2.05) is 0 Å². The molecule has 1 aromatic heterocycles. The molecule has 19 heavy (non-hydrogen) atoms. The van der Waals surface area contributed by atoms with Crippen molar-refractivity contribution in [3.63, 3.8) is 0 Å². The Hall–Kier alpha value is -1.48. The molecule has 8 heteroatoms. The summed E-state index contributed by atoms with van der Waals surface area (Å²) in [7, 11) is 3.23. The van der Waals surface area contributed by atoms with Crippen molar-refractivity contribution in [3.8, 4) is 0 Å². The van der Waals surface area contributed by atoms with Crippen LogP contribution in [0, 0.1) is 0 Å². The highest BCUT2D eigenvalue weighted by Crippen LogP contribution is 2.10. The monoisotopic (exact) mass is 271 g/mol. The molecule has 4 N–H and O–H groups in total. The van der Waals surface area contributed by atoms with Crippen LogP contribution in [-0.2, 0) is 20.8 Å². The van der Waals surface area contributed by atoms with Gasteiger partial charge in [-0.1, -0.05) is 0 Å². The lowest BCUT2D eigenvalue weighted by Gasteiger charge is -2.09. The lowest BCUT2D eigenvalue weighted by molar-refractivity contribution is 0.0759. The summed E-state index contributed by atoms with van der Waals surface area (Å²) in [6, 6.07) is 1.72. The molecule has 1 rings (SSSR count). The number of nitrogens with two attached hydrogens (primary N) is 1. The predicted octanol–water partition coefficient (Wildman–Crippen LogP) is -0.0165. The van der Waals surface area contributed by atoms with Gasteiger partial charge in [0.25, 0.3) is 0 Å². The van der Waals surface area contributed by atoms with Crippen LogP contribution in [0.3, 0.4) is 0 Å². The number of aromatic nitrogens is 2. The Labute approximate surface area is 112 Å². The molecule has 0 amide bonds. The number of methoxy groups -OCH3 is 2. The molecule has 0 saturated heterocycles. The van der Waals surface area contributed by atoms with E-state index in [0.717, 1.165) is 0 Å². The molecule has 0 aromatic carbocycles. The van der Waals surface area contributed by atoms with E-state index in [2.05, 4.69) is 20.7 Å². The van der Waals surface area contributed by atoms with Crippen LogP contribution < -0.4 is 16.6 Å². The van der Waals surface area contributed by atoms with Gasteiger partial charge in [0.2, 0.25) is 0 Å². The number of rotatable bonds is 10. The minimum Gasteiger partial charge on any atom is -0.382 e. The fraction of sp³-hybridized carbons (Fsp3) is 0.636. The van der Waals surface area contributed by atoms with Crippen LogP contribution in [0.2, 0.25) is 0 Å². The fourth-order valence-electron chi connectivity index (χ4n) is 1.35.